The standard InChI is InChI=1S/C19H23NO/c1-12-9-14(3)19(10-13(12)2)21-11-17-16(15-7-8-15)5-4-6-18(17)20/h4-6,9-10,15H,7-8,11,20H2,1-3H3. The number of nitrogen functional groups attached to an aromatic ring is 1. The lowest BCUT2D eigenvalue weighted by Gasteiger charge is -2.15. The molecule has 1 aliphatic rings. The number of ether oxygens (including phenoxy) is 1. The first kappa shape index (κ1) is 14.0. The maximum atomic E-state index is 6.16. The van der Waals surface area contributed by atoms with Gasteiger partial charge < -0.3 is 10.5 Å². The van der Waals surface area contributed by atoms with Crippen molar-refractivity contribution in [2.24, 2.45) is 0 Å². The summed E-state index contributed by atoms with van der Waals surface area (Å²) in [6.07, 6.45) is 2.55. The molecule has 2 heteroatoms. The lowest BCUT2D eigenvalue weighted by molar-refractivity contribution is 0.303. The van der Waals surface area contributed by atoms with Gasteiger partial charge in [-0.05, 0) is 73.9 Å². The molecule has 2 N–H and O–H groups in total. The quantitative estimate of drug-likeness (QED) is 0.828. The van der Waals surface area contributed by atoms with Crippen molar-refractivity contribution in [3.05, 3.63) is 58.1 Å². The molecule has 0 radical (unpaired) electrons. The summed E-state index contributed by atoms with van der Waals surface area (Å²) >= 11 is 0. The molecule has 21 heavy (non-hydrogen) atoms. The second kappa shape index (κ2) is 5.44. The molecule has 0 bridgehead atoms. The predicted octanol–water partition coefficient (Wildman–Crippen LogP) is 4.65. The van der Waals surface area contributed by atoms with E-state index in [1.165, 1.54) is 35.1 Å². The third-order valence-corrected chi connectivity index (χ3v) is 4.43. The van der Waals surface area contributed by atoms with E-state index in [1.54, 1.807) is 0 Å². The van der Waals surface area contributed by atoms with Gasteiger partial charge >= 0.3 is 0 Å². The lowest BCUT2D eigenvalue weighted by atomic mass is 10.0. The normalized spacial score (nSPS) is 14.2. The van der Waals surface area contributed by atoms with E-state index in [1.807, 2.05) is 12.1 Å². The van der Waals surface area contributed by atoms with E-state index in [0.29, 0.717) is 12.5 Å². The van der Waals surface area contributed by atoms with Crippen LogP contribution in [-0.2, 0) is 6.61 Å². The van der Waals surface area contributed by atoms with Crippen LogP contribution in [-0.4, -0.2) is 0 Å². The minimum Gasteiger partial charge on any atom is -0.489 e. The Morgan fingerprint density at radius 1 is 1.05 bits per heavy atom. The minimum absolute atomic E-state index is 0.557. The first-order valence-electron chi connectivity index (χ1n) is 7.64. The van der Waals surface area contributed by atoms with Gasteiger partial charge in [-0.15, -0.1) is 0 Å². The summed E-state index contributed by atoms with van der Waals surface area (Å²) in [5, 5.41) is 0. The van der Waals surface area contributed by atoms with Crippen LogP contribution in [0.1, 0.15) is 46.6 Å². The fourth-order valence-electron chi connectivity index (χ4n) is 2.81. The van der Waals surface area contributed by atoms with Crippen molar-refractivity contribution in [3.63, 3.8) is 0 Å². The van der Waals surface area contributed by atoms with Gasteiger partial charge in [0.1, 0.15) is 12.4 Å². The molecule has 110 valence electrons. The monoisotopic (exact) mass is 281 g/mol. The molecule has 2 aromatic rings. The van der Waals surface area contributed by atoms with E-state index in [2.05, 4.69) is 39.0 Å². The average Bonchev–Trinajstić information content (AvgIpc) is 3.27. The molecule has 0 spiro atoms. The highest BCUT2D eigenvalue weighted by molar-refractivity contribution is 5.53. The van der Waals surface area contributed by atoms with Crippen LogP contribution in [0.15, 0.2) is 30.3 Å². The number of anilines is 1. The van der Waals surface area contributed by atoms with E-state index < -0.39 is 0 Å². The van der Waals surface area contributed by atoms with Crippen LogP contribution >= 0.6 is 0 Å². The SMILES string of the molecule is Cc1cc(C)c(OCc2c(N)cccc2C2CC2)cc1C. The Morgan fingerprint density at radius 3 is 2.48 bits per heavy atom. The van der Waals surface area contributed by atoms with Crippen LogP contribution in [0.3, 0.4) is 0 Å². The minimum atomic E-state index is 0.557. The highest BCUT2D eigenvalue weighted by Crippen LogP contribution is 2.43. The molecule has 1 saturated carbocycles. The molecule has 2 nitrogen and oxygen atoms in total. The molecule has 0 atom stereocenters. The van der Waals surface area contributed by atoms with Crippen molar-refractivity contribution in [2.75, 3.05) is 5.73 Å². The molecule has 1 aliphatic carbocycles. The summed E-state index contributed by atoms with van der Waals surface area (Å²) in [6, 6.07) is 10.5. The van der Waals surface area contributed by atoms with E-state index >= 15 is 0 Å². The first-order chi connectivity index (χ1) is 10.1. The van der Waals surface area contributed by atoms with E-state index in [4.69, 9.17) is 10.5 Å². The van der Waals surface area contributed by atoms with Crippen LogP contribution < -0.4 is 10.5 Å². The van der Waals surface area contributed by atoms with Crippen LogP contribution in [0.25, 0.3) is 0 Å². The van der Waals surface area contributed by atoms with Gasteiger partial charge in [-0.25, -0.2) is 0 Å². The van der Waals surface area contributed by atoms with Crippen molar-refractivity contribution in [1.82, 2.24) is 0 Å². The molecule has 1 fully saturated rings. The van der Waals surface area contributed by atoms with Gasteiger partial charge in [0, 0.05) is 11.3 Å². The second-order valence-electron chi connectivity index (χ2n) is 6.18. The molecule has 0 heterocycles. The summed E-state index contributed by atoms with van der Waals surface area (Å²) in [4.78, 5) is 0. The van der Waals surface area contributed by atoms with Gasteiger partial charge in [0.2, 0.25) is 0 Å². The Hall–Kier alpha value is -1.96. The van der Waals surface area contributed by atoms with Crippen molar-refractivity contribution in [1.29, 1.82) is 0 Å². The highest BCUT2D eigenvalue weighted by Gasteiger charge is 2.26. The Labute approximate surface area is 126 Å². The fraction of sp³-hybridized carbons (Fsp3) is 0.368. The number of benzene rings is 2. The zero-order valence-electron chi connectivity index (χ0n) is 13.1. The molecule has 2 aromatic carbocycles. The summed E-state index contributed by atoms with van der Waals surface area (Å²) in [7, 11) is 0. The molecular weight excluding hydrogens is 258 g/mol. The summed E-state index contributed by atoms with van der Waals surface area (Å²) in [5.41, 5.74) is 13.3. The van der Waals surface area contributed by atoms with Crippen molar-refractivity contribution in [3.8, 4) is 5.75 Å². The van der Waals surface area contributed by atoms with Crippen molar-refractivity contribution >= 4 is 5.69 Å². The smallest absolute Gasteiger partial charge is 0.123 e. The van der Waals surface area contributed by atoms with Gasteiger partial charge in [-0.2, -0.15) is 0 Å². The second-order valence-corrected chi connectivity index (χ2v) is 6.18. The summed E-state index contributed by atoms with van der Waals surface area (Å²) < 4.78 is 6.08. The maximum Gasteiger partial charge on any atom is 0.123 e. The maximum absolute atomic E-state index is 6.16. The topological polar surface area (TPSA) is 35.2 Å². The number of hydrogen-bond acceptors (Lipinski definition) is 2. The zero-order chi connectivity index (χ0) is 15.0. The number of rotatable bonds is 4. The molecular formula is C19H23NO. The van der Waals surface area contributed by atoms with Gasteiger partial charge in [-0.1, -0.05) is 18.2 Å². The average molecular weight is 281 g/mol. The van der Waals surface area contributed by atoms with Crippen LogP contribution in [0.5, 0.6) is 5.75 Å². The Kier molecular flexibility index (Phi) is 3.62. The number of hydrogen-bond donors (Lipinski definition) is 1. The molecule has 3 rings (SSSR count). The number of nitrogens with two attached hydrogens (primary N) is 1. The van der Waals surface area contributed by atoms with E-state index in [-0.39, 0.29) is 0 Å². The van der Waals surface area contributed by atoms with Crippen molar-refractivity contribution < 1.29 is 4.74 Å². The van der Waals surface area contributed by atoms with Crippen LogP contribution in [0, 0.1) is 20.8 Å². The van der Waals surface area contributed by atoms with Crippen LogP contribution in [0.2, 0.25) is 0 Å². The third-order valence-electron chi connectivity index (χ3n) is 4.43. The highest BCUT2D eigenvalue weighted by atomic mass is 16.5. The Balaban J connectivity index is 1.84. The molecule has 0 aromatic heterocycles. The zero-order valence-corrected chi connectivity index (χ0v) is 13.1. The molecule has 0 amide bonds. The van der Waals surface area contributed by atoms with E-state index in [0.717, 1.165) is 17.0 Å². The molecule has 0 unspecified atom stereocenters. The third kappa shape index (κ3) is 2.90. The van der Waals surface area contributed by atoms with E-state index in [9.17, 15) is 0 Å². The largest absolute Gasteiger partial charge is 0.489 e. The summed E-state index contributed by atoms with van der Waals surface area (Å²) in [5.74, 6) is 1.65. The predicted molar refractivity (Wildman–Crippen MR) is 87.8 cm³/mol. The Morgan fingerprint density at radius 2 is 1.76 bits per heavy atom. The molecule has 0 aliphatic heterocycles. The van der Waals surface area contributed by atoms with Crippen LogP contribution in [0.4, 0.5) is 5.69 Å². The summed E-state index contributed by atoms with van der Waals surface area (Å²) in [6.45, 7) is 6.90. The Bertz CT molecular complexity index is 672. The fourth-order valence-corrected chi connectivity index (χ4v) is 2.81. The lowest BCUT2D eigenvalue weighted by Crippen LogP contribution is -2.05. The first-order valence-corrected chi connectivity index (χ1v) is 7.64. The van der Waals surface area contributed by atoms with Gasteiger partial charge in [-0.3, -0.25) is 0 Å². The molecule has 0 saturated heterocycles. The van der Waals surface area contributed by atoms with Gasteiger partial charge in [0.05, 0.1) is 0 Å². The number of aryl methyl sites for hydroxylation is 3. The van der Waals surface area contributed by atoms with Crippen molar-refractivity contribution in [2.45, 2.75) is 46.1 Å². The van der Waals surface area contributed by atoms with Gasteiger partial charge in [0.25, 0.3) is 0 Å². The van der Waals surface area contributed by atoms with Gasteiger partial charge in [0.15, 0.2) is 0 Å².